The van der Waals surface area contributed by atoms with Gasteiger partial charge in [-0.05, 0) is 30.7 Å². The minimum atomic E-state index is -0.954. The van der Waals surface area contributed by atoms with Gasteiger partial charge in [0, 0.05) is 12.7 Å². The van der Waals surface area contributed by atoms with Crippen LogP contribution in [0.1, 0.15) is 5.56 Å². The molecule has 0 bridgehead atoms. The number of methoxy groups -OCH3 is 1. The number of likely N-dealkylation sites (N-methyl/N-ethyl adjacent to an activating group) is 1. The number of ether oxygens (including phenoxy) is 1. The average Bonchev–Trinajstić information content (AvgIpc) is 2.29. The second-order valence-electron chi connectivity index (χ2n) is 3.29. The Balaban J connectivity index is 2.96. The van der Waals surface area contributed by atoms with E-state index in [0.717, 1.165) is 12.0 Å². The number of amides is 1. The van der Waals surface area contributed by atoms with Gasteiger partial charge >= 0.3 is 11.9 Å². The van der Waals surface area contributed by atoms with Crippen LogP contribution >= 0.6 is 0 Å². The molecule has 0 saturated carbocycles. The van der Waals surface area contributed by atoms with Crippen molar-refractivity contribution in [1.29, 1.82) is 0 Å². The largest absolute Gasteiger partial charge is 0.462 e. The molecule has 4 nitrogen and oxygen atoms in total. The van der Waals surface area contributed by atoms with Crippen molar-refractivity contribution in [2.75, 3.05) is 19.1 Å². The Labute approximate surface area is 92.6 Å². The van der Waals surface area contributed by atoms with Crippen molar-refractivity contribution in [3.05, 3.63) is 29.6 Å². The molecule has 0 atom stereocenters. The van der Waals surface area contributed by atoms with Crippen molar-refractivity contribution in [2.45, 2.75) is 6.92 Å². The van der Waals surface area contributed by atoms with Crippen LogP contribution in [0.25, 0.3) is 0 Å². The first-order valence-corrected chi connectivity index (χ1v) is 4.59. The van der Waals surface area contributed by atoms with E-state index < -0.39 is 11.9 Å². The fraction of sp³-hybridized carbons (Fsp3) is 0.273. The van der Waals surface area contributed by atoms with Gasteiger partial charge in [0.1, 0.15) is 5.82 Å². The lowest BCUT2D eigenvalue weighted by Gasteiger charge is -2.16. The third-order valence-corrected chi connectivity index (χ3v) is 2.19. The summed E-state index contributed by atoms with van der Waals surface area (Å²) in [5, 5.41) is 0. The number of esters is 1. The van der Waals surface area contributed by atoms with E-state index in [4.69, 9.17) is 0 Å². The number of benzene rings is 1. The highest BCUT2D eigenvalue weighted by molar-refractivity contribution is 6.37. The van der Waals surface area contributed by atoms with Crippen molar-refractivity contribution < 1.29 is 18.7 Å². The second-order valence-corrected chi connectivity index (χ2v) is 3.29. The summed E-state index contributed by atoms with van der Waals surface area (Å²) in [6, 6.07) is 4.14. The van der Waals surface area contributed by atoms with Gasteiger partial charge in [0.2, 0.25) is 0 Å². The van der Waals surface area contributed by atoms with Gasteiger partial charge in [-0.25, -0.2) is 9.18 Å². The molecule has 0 aliphatic heterocycles. The highest BCUT2D eigenvalue weighted by atomic mass is 19.1. The molecule has 1 aromatic rings. The highest BCUT2D eigenvalue weighted by Crippen LogP contribution is 2.17. The molecule has 0 saturated heterocycles. The summed E-state index contributed by atoms with van der Waals surface area (Å²) in [4.78, 5) is 23.5. The van der Waals surface area contributed by atoms with Crippen LogP contribution in [0.5, 0.6) is 0 Å². The van der Waals surface area contributed by atoms with Gasteiger partial charge in [-0.15, -0.1) is 0 Å². The number of carbonyl (C=O) groups is 2. The molecule has 0 aromatic heterocycles. The molecule has 86 valence electrons. The lowest BCUT2D eigenvalue weighted by Crippen LogP contribution is -2.34. The molecule has 1 rings (SSSR count). The number of nitrogens with zero attached hydrogens (tertiary/aromatic N) is 1. The summed E-state index contributed by atoms with van der Waals surface area (Å²) in [7, 11) is 2.55. The number of carbonyl (C=O) groups excluding carboxylic acids is 2. The Bertz CT molecular complexity index is 431. The summed E-state index contributed by atoms with van der Waals surface area (Å²) in [5.74, 6) is -2.11. The Morgan fingerprint density at radius 3 is 2.50 bits per heavy atom. The number of aryl methyl sites for hydroxylation is 1. The summed E-state index contributed by atoms with van der Waals surface area (Å²) in [6.07, 6.45) is 0. The number of rotatable bonds is 1. The van der Waals surface area contributed by atoms with E-state index in [1.54, 1.807) is 6.92 Å². The van der Waals surface area contributed by atoms with E-state index in [0.29, 0.717) is 11.3 Å². The summed E-state index contributed by atoms with van der Waals surface area (Å²) >= 11 is 0. The molecule has 5 heteroatoms. The first-order valence-electron chi connectivity index (χ1n) is 4.59. The van der Waals surface area contributed by atoms with Crippen molar-refractivity contribution in [3.8, 4) is 0 Å². The van der Waals surface area contributed by atoms with Gasteiger partial charge in [0.05, 0.1) is 7.11 Å². The van der Waals surface area contributed by atoms with Gasteiger partial charge in [-0.2, -0.15) is 0 Å². The van der Waals surface area contributed by atoms with Gasteiger partial charge in [-0.1, -0.05) is 0 Å². The molecular weight excluding hydrogens is 213 g/mol. The van der Waals surface area contributed by atoms with Crippen molar-refractivity contribution in [2.24, 2.45) is 0 Å². The van der Waals surface area contributed by atoms with Crippen LogP contribution in [0.15, 0.2) is 18.2 Å². The van der Waals surface area contributed by atoms with Gasteiger partial charge in [0.25, 0.3) is 0 Å². The fourth-order valence-corrected chi connectivity index (χ4v) is 1.18. The van der Waals surface area contributed by atoms with Crippen LogP contribution in [0, 0.1) is 12.7 Å². The fourth-order valence-electron chi connectivity index (χ4n) is 1.18. The van der Waals surface area contributed by atoms with E-state index in [1.807, 2.05) is 0 Å². The SMILES string of the molecule is COC(=O)C(=O)N(C)c1ccc(F)c(C)c1. The molecule has 0 heterocycles. The monoisotopic (exact) mass is 225 g/mol. The zero-order valence-electron chi connectivity index (χ0n) is 9.28. The zero-order valence-corrected chi connectivity index (χ0v) is 9.28. The van der Waals surface area contributed by atoms with Gasteiger partial charge in [0.15, 0.2) is 0 Å². The quantitative estimate of drug-likeness (QED) is 0.534. The molecular formula is C11H12FNO3. The van der Waals surface area contributed by atoms with Gasteiger partial charge < -0.3 is 9.64 Å². The minimum Gasteiger partial charge on any atom is -0.462 e. The summed E-state index contributed by atoms with van der Waals surface area (Å²) < 4.78 is 17.3. The Morgan fingerprint density at radius 2 is 2.00 bits per heavy atom. The third-order valence-electron chi connectivity index (χ3n) is 2.19. The molecule has 16 heavy (non-hydrogen) atoms. The average molecular weight is 225 g/mol. The van der Waals surface area contributed by atoms with E-state index in [2.05, 4.69) is 4.74 Å². The molecule has 0 spiro atoms. The maximum Gasteiger partial charge on any atom is 0.397 e. The van der Waals surface area contributed by atoms with Crippen molar-refractivity contribution >= 4 is 17.6 Å². The molecule has 0 fully saturated rings. The van der Waals surface area contributed by atoms with Crippen LogP contribution < -0.4 is 4.90 Å². The van der Waals surface area contributed by atoms with Crippen LogP contribution in [0.3, 0.4) is 0 Å². The molecule has 0 radical (unpaired) electrons. The Morgan fingerprint density at radius 1 is 1.38 bits per heavy atom. The second kappa shape index (κ2) is 4.74. The Kier molecular flexibility index (Phi) is 3.60. The summed E-state index contributed by atoms with van der Waals surface area (Å²) in [5.41, 5.74) is 0.844. The van der Waals surface area contributed by atoms with E-state index >= 15 is 0 Å². The number of halogens is 1. The Hall–Kier alpha value is -1.91. The smallest absolute Gasteiger partial charge is 0.397 e. The van der Waals surface area contributed by atoms with E-state index in [1.165, 1.54) is 25.2 Å². The lowest BCUT2D eigenvalue weighted by molar-refractivity contribution is -0.151. The van der Waals surface area contributed by atoms with E-state index in [9.17, 15) is 14.0 Å². The maximum absolute atomic E-state index is 13.0. The van der Waals surface area contributed by atoms with E-state index in [-0.39, 0.29) is 5.82 Å². The molecule has 0 N–H and O–H groups in total. The number of hydrogen-bond donors (Lipinski definition) is 0. The zero-order chi connectivity index (χ0) is 12.3. The standard InChI is InChI=1S/C11H12FNO3/c1-7-6-8(4-5-9(7)12)13(2)10(14)11(15)16-3/h4-6H,1-3H3. The highest BCUT2D eigenvalue weighted by Gasteiger charge is 2.20. The molecule has 1 aromatic carbocycles. The first kappa shape index (κ1) is 12.2. The molecule has 1 amide bonds. The van der Waals surface area contributed by atoms with Crippen molar-refractivity contribution in [1.82, 2.24) is 0 Å². The normalized spacial score (nSPS) is 9.75. The van der Waals surface area contributed by atoms with Crippen LogP contribution in [0.2, 0.25) is 0 Å². The lowest BCUT2D eigenvalue weighted by atomic mass is 10.2. The minimum absolute atomic E-state index is 0.359. The molecule has 0 aliphatic carbocycles. The first-order chi connectivity index (χ1) is 7.47. The predicted octanol–water partition coefficient (Wildman–Crippen LogP) is 1.27. The summed E-state index contributed by atoms with van der Waals surface area (Å²) in [6.45, 7) is 1.58. The predicted molar refractivity (Wildman–Crippen MR) is 56.6 cm³/mol. The van der Waals surface area contributed by atoms with Gasteiger partial charge in [-0.3, -0.25) is 4.79 Å². The maximum atomic E-state index is 13.0. The number of anilines is 1. The third kappa shape index (κ3) is 2.36. The molecule has 0 unspecified atom stereocenters. The topological polar surface area (TPSA) is 46.6 Å². The van der Waals surface area contributed by atoms with Crippen LogP contribution in [0.4, 0.5) is 10.1 Å². The van der Waals surface area contributed by atoms with Crippen LogP contribution in [-0.2, 0) is 14.3 Å². The molecule has 0 aliphatic rings. The van der Waals surface area contributed by atoms with Crippen molar-refractivity contribution in [3.63, 3.8) is 0 Å². The number of hydrogen-bond acceptors (Lipinski definition) is 3. The van der Waals surface area contributed by atoms with Crippen LogP contribution in [-0.4, -0.2) is 26.0 Å².